The van der Waals surface area contributed by atoms with Crippen LogP contribution in [0, 0.1) is 0 Å². The molecule has 5 heteroatoms. The summed E-state index contributed by atoms with van der Waals surface area (Å²) >= 11 is 0. The molecule has 0 saturated carbocycles. The molecule has 1 aliphatic rings. The van der Waals surface area contributed by atoms with E-state index in [0.29, 0.717) is 16.9 Å². The van der Waals surface area contributed by atoms with E-state index in [1.165, 1.54) is 22.8 Å². The minimum atomic E-state index is -0.488. The zero-order valence-corrected chi connectivity index (χ0v) is 17.6. The van der Waals surface area contributed by atoms with Crippen molar-refractivity contribution in [2.45, 2.75) is 52.1 Å². The second-order valence-corrected chi connectivity index (χ2v) is 8.79. The summed E-state index contributed by atoms with van der Waals surface area (Å²) in [7, 11) is 0. The van der Waals surface area contributed by atoms with E-state index >= 15 is 0 Å². The molecule has 0 amide bonds. The molecule has 2 aromatic carbocycles. The molecule has 156 valence electrons. The molecule has 3 aromatic rings. The van der Waals surface area contributed by atoms with Gasteiger partial charge in [-0.05, 0) is 65.6 Å². The van der Waals surface area contributed by atoms with Crippen molar-refractivity contribution >= 4 is 16.9 Å². The molecule has 0 bridgehead atoms. The first-order valence-corrected chi connectivity index (χ1v) is 10.3. The maximum absolute atomic E-state index is 12.2. The predicted molar refractivity (Wildman–Crippen MR) is 115 cm³/mol. The molecule has 0 radical (unpaired) electrons. The van der Waals surface area contributed by atoms with E-state index in [-0.39, 0.29) is 18.6 Å². The van der Waals surface area contributed by atoms with Gasteiger partial charge in [0, 0.05) is 17.0 Å². The predicted octanol–water partition coefficient (Wildman–Crippen LogP) is 4.70. The Morgan fingerprint density at radius 1 is 1.03 bits per heavy atom. The summed E-state index contributed by atoms with van der Waals surface area (Å²) in [5.41, 5.74) is 4.50. The first kappa shape index (κ1) is 20.2. The highest BCUT2D eigenvalue weighted by Gasteiger charge is 2.16. The Morgan fingerprint density at radius 3 is 2.43 bits per heavy atom. The maximum atomic E-state index is 12.2. The lowest BCUT2D eigenvalue weighted by Crippen LogP contribution is -2.16. The van der Waals surface area contributed by atoms with Crippen LogP contribution in [-0.4, -0.2) is 12.6 Å². The summed E-state index contributed by atoms with van der Waals surface area (Å²) in [4.78, 5) is 24.1. The van der Waals surface area contributed by atoms with Gasteiger partial charge in [0.2, 0.25) is 0 Å². The van der Waals surface area contributed by atoms with Crippen molar-refractivity contribution in [3.63, 3.8) is 0 Å². The molecule has 0 spiro atoms. The van der Waals surface area contributed by atoms with Crippen LogP contribution in [-0.2, 0) is 34.4 Å². The van der Waals surface area contributed by atoms with E-state index in [4.69, 9.17) is 13.9 Å². The third-order valence-electron chi connectivity index (χ3n) is 5.51. The van der Waals surface area contributed by atoms with Gasteiger partial charge in [-0.2, -0.15) is 0 Å². The molecule has 30 heavy (non-hydrogen) atoms. The Kier molecular flexibility index (Phi) is 5.37. The second kappa shape index (κ2) is 7.98. The first-order valence-electron chi connectivity index (χ1n) is 10.3. The lowest BCUT2D eigenvalue weighted by molar-refractivity contribution is -0.147. The van der Waals surface area contributed by atoms with Crippen LogP contribution in [0.2, 0.25) is 0 Å². The van der Waals surface area contributed by atoms with Crippen molar-refractivity contribution in [3.8, 4) is 5.75 Å². The number of fused-ring (bicyclic) bond motifs is 2. The van der Waals surface area contributed by atoms with Gasteiger partial charge in [0.15, 0.2) is 6.61 Å². The van der Waals surface area contributed by atoms with Gasteiger partial charge in [0.1, 0.15) is 17.9 Å². The van der Waals surface area contributed by atoms with Crippen molar-refractivity contribution < 1.29 is 18.7 Å². The minimum Gasteiger partial charge on any atom is -0.482 e. The molecule has 4 rings (SSSR count). The number of carbonyl (C=O) groups excluding carboxylic acids is 1. The zero-order chi connectivity index (χ0) is 21.3. The highest BCUT2D eigenvalue weighted by molar-refractivity contribution is 5.82. The van der Waals surface area contributed by atoms with Crippen LogP contribution < -0.4 is 10.4 Å². The monoisotopic (exact) mass is 406 g/mol. The average Bonchev–Trinajstić information content (AvgIpc) is 3.16. The Bertz CT molecular complexity index is 1130. The standard InChI is InChI=1S/C25H26O5/c1-25(2,3)19-7-9-20(10-8-19)28-15-24(27)29-14-18-13-23(26)30-22-12-17-6-4-5-16(17)11-21(18)22/h7-13H,4-6,14-15H2,1-3H3. The average molecular weight is 406 g/mol. The number of hydrogen-bond acceptors (Lipinski definition) is 5. The molecule has 1 aliphatic carbocycles. The molecular formula is C25H26O5. The Hall–Kier alpha value is -3.08. The van der Waals surface area contributed by atoms with E-state index < -0.39 is 11.6 Å². The SMILES string of the molecule is CC(C)(C)c1ccc(OCC(=O)OCc2cc(=O)oc3cc4c(cc23)CCC4)cc1. The fourth-order valence-electron chi connectivity index (χ4n) is 3.81. The van der Waals surface area contributed by atoms with E-state index in [1.54, 1.807) is 0 Å². The summed E-state index contributed by atoms with van der Waals surface area (Å²) < 4.78 is 16.3. The summed E-state index contributed by atoms with van der Waals surface area (Å²) in [6.45, 7) is 6.24. The highest BCUT2D eigenvalue weighted by atomic mass is 16.6. The van der Waals surface area contributed by atoms with Crippen LogP contribution in [0.1, 0.15) is 49.4 Å². The van der Waals surface area contributed by atoms with Gasteiger partial charge in [-0.3, -0.25) is 0 Å². The number of aryl methyl sites for hydroxylation is 2. The normalized spacial score (nSPS) is 13.3. The van der Waals surface area contributed by atoms with Crippen molar-refractivity contribution in [3.05, 3.63) is 75.1 Å². The second-order valence-electron chi connectivity index (χ2n) is 8.79. The van der Waals surface area contributed by atoms with E-state index in [0.717, 1.165) is 24.6 Å². The summed E-state index contributed by atoms with van der Waals surface area (Å²) in [5, 5.41) is 0.821. The maximum Gasteiger partial charge on any atom is 0.344 e. The van der Waals surface area contributed by atoms with Gasteiger partial charge in [-0.25, -0.2) is 9.59 Å². The van der Waals surface area contributed by atoms with Gasteiger partial charge in [-0.15, -0.1) is 0 Å². The van der Waals surface area contributed by atoms with Crippen molar-refractivity contribution in [2.75, 3.05) is 6.61 Å². The number of ether oxygens (including phenoxy) is 2. The fraction of sp³-hybridized carbons (Fsp3) is 0.360. The molecule has 0 aliphatic heterocycles. The number of esters is 1. The molecule has 1 aromatic heterocycles. The Labute approximate surface area is 175 Å². The largest absolute Gasteiger partial charge is 0.482 e. The van der Waals surface area contributed by atoms with Crippen LogP contribution in [0.15, 0.2) is 51.7 Å². The van der Waals surface area contributed by atoms with E-state index in [2.05, 4.69) is 26.8 Å². The molecule has 5 nitrogen and oxygen atoms in total. The van der Waals surface area contributed by atoms with Gasteiger partial charge < -0.3 is 13.9 Å². The van der Waals surface area contributed by atoms with Crippen molar-refractivity contribution in [2.24, 2.45) is 0 Å². The van der Waals surface area contributed by atoms with Crippen LogP contribution in [0.4, 0.5) is 0 Å². The number of rotatable bonds is 5. The third-order valence-corrected chi connectivity index (χ3v) is 5.51. The van der Waals surface area contributed by atoms with Gasteiger partial charge in [0.05, 0.1) is 0 Å². The van der Waals surface area contributed by atoms with Gasteiger partial charge >= 0.3 is 11.6 Å². The number of carbonyl (C=O) groups is 1. The lowest BCUT2D eigenvalue weighted by Gasteiger charge is -2.19. The number of hydrogen-bond donors (Lipinski definition) is 0. The Morgan fingerprint density at radius 2 is 1.73 bits per heavy atom. The van der Waals surface area contributed by atoms with E-state index in [9.17, 15) is 9.59 Å². The van der Waals surface area contributed by atoms with Gasteiger partial charge in [0.25, 0.3) is 0 Å². The summed E-state index contributed by atoms with van der Waals surface area (Å²) in [5.74, 6) is 0.124. The molecule has 0 fully saturated rings. The van der Waals surface area contributed by atoms with Crippen LogP contribution in [0.5, 0.6) is 5.75 Å². The van der Waals surface area contributed by atoms with Crippen molar-refractivity contribution in [1.82, 2.24) is 0 Å². The first-order chi connectivity index (χ1) is 14.3. The van der Waals surface area contributed by atoms with Crippen molar-refractivity contribution in [1.29, 1.82) is 0 Å². The van der Waals surface area contributed by atoms with Crippen LogP contribution in [0.25, 0.3) is 11.0 Å². The minimum absolute atomic E-state index is 0.00599. The molecular weight excluding hydrogens is 380 g/mol. The van der Waals surface area contributed by atoms with E-state index in [1.807, 2.05) is 30.3 Å². The quantitative estimate of drug-likeness (QED) is 0.454. The zero-order valence-electron chi connectivity index (χ0n) is 17.6. The summed E-state index contributed by atoms with van der Waals surface area (Å²) in [6.07, 6.45) is 3.13. The highest BCUT2D eigenvalue weighted by Crippen LogP contribution is 2.29. The molecule has 0 N–H and O–H groups in total. The molecule has 0 saturated heterocycles. The lowest BCUT2D eigenvalue weighted by atomic mass is 9.87. The molecule has 0 unspecified atom stereocenters. The topological polar surface area (TPSA) is 65.7 Å². The fourth-order valence-corrected chi connectivity index (χ4v) is 3.81. The van der Waals surface area contributed by atoms with Crippen LogP contribution >= 0.6 is 0 Å². The molecule has 1 heterocycles. The molecule has 0 atom stereocenters. The summed E-state index contributed by atoms with van der Waals surface area (Å²) in [6, 6.07) is 13.1. The van der Waals surface area contributed by atoms with Gasteiger partial charge in [-0.1, -0.05) is 32.9 Å². The number of benzene rings is 2. The Balaban J connectivity index is 1.40. The third kappa shape index (κ3) is 4.40. The smallest absolute Gasteiger partial charge is 0.344 e. The van der Waals surface area contributed by atoms with Crippen LogP contribution in [0.3, 0.4) is 0 Å².